The van der Waals surface area contributed by atoms with Crippen LogP contribution in [-0.2, 0) is 6.54 Å². The van der Waals surface area contributed by atoms with E-state index in [-0.39, 0.29) is 0 Å². The molecule has 1 fully saturated rings. The SMILES string of the molecule is CCCN(Cc1cc(Br)cs1)CC1CCCCN1. The van der Waals surface area contributed by atoms with Crippen molar-refractivity contribution in [1.82, 2.24) is 10.2 Å². The topological polar surface area (TPSA) is 15.3 Å². The first-order valence-corrected chi connectivity index (χ1v) is 8.64. The van der Waals surface area contributed by atoms with Crippen LogP contribution < -0.4 is 5.32 Å². The van der Waals surface area contributed by atoms with E-state index in [9.17, 15) is 0 Å². The fourth-order valence-corrected chi connectivity index (χ4v) is 4.09. The summed E-state index contributed by atoms with van der Waals surface area (Å²) >= 11 is 5.40. The first-order valence-electron chi connectivity index (χ1n) is 6.96. The lowest BCUT2D eigenvalue weighted by molar-refractivity contribution is 0.219. The average Bonchev–Trinajstić information content (AvgIpc) is 2.76. The van der Waals surface area contributed by atoms with Crippen LogP contribution >= 0.6 is 27.3 Å². The van der Waals surface area contributed by atoms with Crippen molar-refractivity contribution < 1.29 is 0 Å². The molecule has 0 bridgehead atoms. The number of hydrogen-bond donors (Lipinski definition) is 1. The van der Waals surface area contributed by atoms with Gasteiger partial charge in [-0.1, -0.05) is 13.3 Å². The highest BCUT2D eigenvalue weighted by atomic mass is 79.9. The molecule has 2 rings (SSSR count). The molecule has 18 heavy (non-hydrogen) atoms. The molecule has 2 nitrogen and oxygen atoms in total. The Labute approximate surface area is 123 Å². The molecule has 1 aromatic heterocycles. The summed E-state index contributed by atoms with van der Waals surface area (Å²) in [6, 6.07) is 2.95. The van der Waals surface area contributed by atoms with Crippen molar-refractivity contribution in [2.75, 3.05) is 19.6 Å². The van der Waals surface area contributed by atoms with Crippen molar-refractivity contribution in [3.8, 4) is 0 Å². The highest BCUT2D eigenvalue weighted by Crippen LogP contribution is 2.21. The maximum Gasteiger partial charge on any atom is 0.0328 e. The summed E-state index contributed by atoms with van der Waals surface area (Å²) < 4.78 is 1.22. The van der Waals surface area contributed by atoms with Gasteiger partial charge in [0.1, 0.15) is 0 Å². The second kappa shape index (κ2) is 7.63. The molecule has 1 aliphatic heterocycles. The molecule has 1 unspecified atom stereocenters. The van der Waals surface area contributed by atoms with Gasteiger partial charge in [-0.05, 0) is 54.3 Å². The van der Waals surface area contributed by atoms with E-state index in [1.54, 1.807) is 0 Å². The van der Waals surface area contributed by atoms with E-state index in [0.717, 1.165) is 6.54 Å². The maximum absolute atomic E-state index is 3.65. The second-order valence-electron chi connectivity index (χ2n) is 5.11. The Morgan fingerprint density at radius 2 is 2.39 bits per heavy atom. The van der Waals surface area contributed by atoms with Crippen LogP contribution in [0, 0.1) is 0 Å². The fraction of sp³-hybridized carbons (Fsp3) is 0.714. The Hall–Kier alpha value is 0.1000. The molecule has 102 valence electrons. The third-order valence-electron chi connectivity index (χ3n) is 3.43. The van der Waals surface area contributed by atoms with Gasteiger partial charge in [-0.15, -0.1) is 11.3 Å². The highest BCUT2D eigenvalue weighted by molar-refractivity contribution is 9.10. The molecule has 1 saturated heterocycles. The fourth-order valence-electron chi connectivity index (χ4n) is 2.60. The minimum atomic E-state index is 0.703. The second-order valence-corrected chi connectivity index (χ2v) is 7.02. The summed E-state index contributed by atoms with van der Waals surface area (Å²) in [6.45, 7) is 6.97. The summed E-state index contributed by atoms with van der Waals surface area (Å²) in [6.07, 6.45) is 5.32. The van der Waals surface area contributed by atoms with Gasteiger partial charge in [0.15, 0.2) is 0 Å². The highest BCUT2D eigenvalue weighted by Gasteiger charge is 2.16. The lowest BCUT2D eigenvalue weighted by Crippen LogP contribution is -2.43. The molecule has 0 aliphatic carbocycles. The van der Waals surface area contributed by atoms with E-state index in [0.29, 0.717) is 6.04 Å². The Kier molecular flexibility index (Phi) is 6.15. The number of thiophene rings is 1. The third kappa shape index (κ3) is 4.65. The maximum atomic E-state index is 3.65. The first-order chi connectivity index (χ1) is 8.78. The Bertz CT molecular complexity index is 347. The largest absolute Gasteiger partial charge is 0.313 e. The number of halogens is 1. The zero-order chi connectivity index (χ0) is 12.8. The van der Waals surface area contributed by atoms with Crippen LogP contribution in [0.4, 0.5) is 0 Å². The molecule has 0 spiro atoms. The van der Waals surface area contributed by atoms with Gasteiger partial charge in [-0.2, -0.15) is 0 Å². The molecule has 0 amide bonds. The van der Waals surface area contributed by atoms with Crippen LogP contribution in [0.1, 0.15) is 37.5 Å². The van der Waals surface area contributed by atoms with Crippen molar-refractivity contribution in [2.45, 2.75) is 45.2 Å². The van der Waals surface area contributed by atoms with E-state index in [1.807, 2.05) is 11.3 Å². The van der Waals surface area contributed by atoms with E-state index in [1.165, 1.54) is 54.7 Å². The molecule has 0 saturated carbocycles. The summed E-state index contributed by atoms with van der Waals surface area (Å²) in [5.74, 6) is 0. The standard InChI is InChI=1S/C14H23BrN2S/c1-2-7-17(9-13-5-3-4-6-16-13)10-14-8-12(15)11-18-14/h8,11,13,16H,2-7,9-10H2,1H3. The molecule has 1 atom stereocenters. The summed E-state index contributed by atoms with van der Waals surface area (Å²) in [4.78, 5) is 4.06. The zero-order valence-electron chi connectivity index (χ0n) is 11.1. The Balaban J connectivity index is 1.86. The minimum Gasteiger partial charge on any atom is -0.313 e. The van der Waals surface area contributed by atoms with Gasteiger partial charge >= 0.3 is 0 Å². The molecule has 2 heterocycles. The lowest BCUT2D eigenvalue weighted by Gasteiger charge is -2.30. The predicted octanol–water partition coefficient (Wildman–Crippen LogP) is 3.86. The summed E-state index contributed by atoms with van der Waals surface area (Å²) in [7, 11) is 0. The van der Waals surface area contributed by atoms with E-state index in [2.05, 4.69) is 44.5 Å². The average molecular weight is 331 g/mol. The van der Waals surface area contributed by atoms with Crippen molar-refractivity contribution in [3.63, 3.8) is 0 Å². The van der Waals surface area contributed by atoms with Crippen molar-refractivity contribution in [1.29, 1.82) is 0 Å². The number of nitrogens with one attached hydrogen (secondary N) is 1. The monoisotopic (exact) mass is 330 g/mol. The van der Waals surface area contributed by atoms with Crippen molar-refractivity contribution >= 4 is 27.3 Å². The molecule has 1 aromatic rings. The molecule has 0 radical (unpaired) electrons. The number of hydrogen-bond acceptors (Lipinski definition) is 3. The van der Waals surface area contributed by atoms with Gasteiger partial charge in [-0.3, -0.25) is 4.90 Å². The van der Waals surface area contributed by atoms with E-state index in [4.69, 9.17) is 0 Å². The first kappa shape index (κ1) is 14.5. The predicted molar refractivity (Wildman–Crippen MR) is 83.2 cm³/mol. The lowest BCUT2D eigenvalue weighted by atomic mass is 10.0. The number of nitrogens with zero attached hydrogens (tertiary/aromatic N) is 1. The van der Waals surface area contributed by atoms with Gasteiger partial charge < -0.3 is 5.32 Å². The minimum absolute atomic E-state index is 0.703. The third-order valence-corrected chi connectivity index (χ3v) is 5.11. The number of rotatable bonds is 6. The molecular weight excluding hydrogens is 308 g/mol. The Morgan fingerprint density at radius 3 is 3.00 bits per heavy atom. The van der Waals surface area contributed by atoms with Crippen LogP contribution in [-0.4, -0.2) is 30.6 Å². The van der Waals surface area contributed by atoms with Crippen LogP contribution in [0.5, 0.6) is 0 Å². The van der Waals surface area contributed by atoms with Gasteiger partial charge in [0, 0.05) is 33.9 Å². The molecule has 0 aromatic carbocycles. The van der Waals surface area contributed by atoms with Gasteiger partial charge in [0.25, 0.3) is 0 Å². The van der Waals surface area contributed by atoms with E-state index < -0.39 is 0 Å². The van der Waals surface area contributed by atoms with Crippen molar-refractivity contribution in [2.24, 2.45) is 0 Å². The van der Waals surface area contributed by atoms with Crippen LogP contribution in [0.15, 0.2) is 15.9 Å². The molecule has 1 aliphatic rings. The van der Waals surface area contributed by atoms with Gasteiger partial charge in [0.05, 0.1) is 0 Å². The summed E-state index contributed by atoms with van der Waals surface area (Å²) in [5.41, 5.74) is 0. The van der Waals surface area contributed by atoms with Gasteiger partial charge in [0.2, 0.25) is 0 Å². The molecular formula is C14H23BrN2S. The van der Waals surface area contributed by atoms with Crippen LogP contribution in [0.3, 0.4) is 0 Å². The number of piperidine rings is 1. The van der Waals surface area contributed by atoms with Gasteiger partial charge in [-0.25, -0.2) is 0 Å². The van der Waals surface area contributed by atoms with E-state index >= 15 is 0 Å². The smallest absolute Gasteiger partial charge is 0.0328 e. The normalized spacial score (nSPS) is 20.5. The van der Waals surface area contributed by atoms with Crippen molar-refractivity contribution in [3.05, 3.63) is 20.8 Å². The summed E-state index contributed by atoms with van der Waals surface area (Å²) in [5, 5.41) is 5.83. The van der Waals surface area contributed by atoms with Crippen LogP contribution in [0.2, 0.25) is 0 Å². The van der Waals surface area contributed by atoms with Crippen LogP contribution in [0.25, 0.3) is 0 Å². The molecule has 4 heteroatoms. The Morgan fingerprint density at radius 1 is 1.50 bits per heavy atom. The zero-order valence-corrected chi connectivity index (χ0v) is 13.5. The molecule has 1 N–H and O–H groups in total. The quantitative estimate of drug-likeness (QED) is 0.851.